The average Bonchev–Trinajstić information content (AvgIpc) is 3.12. The summed E-state index contributed by atoms with van der Waals surface area (Å²) in [6, 6.07) is 15.7. The van der Waals surface area contributed by atoms with Gasteiger partial charge in [0.2, 0.25) is 5.95 Å². The number of aryl methyl sites for hydroxylation is 1. The van der Waals surface area contributed by atoms with Crippen LogP contribution in [-0.2, 0) is 6.54 Å². The molecule has 134 valence electrons. The van der Waals surface area contributed by atoms with Gasteiger partial charge in [0.15, 0.2) is 0 Å². The molecule has 0 aliphatic carbocycles. The second-order valence-electron chi connectivity index (χ2n) is 6.15. The van der Waals surface area contributed by atoms with Crippen LogP contribution >= 0.6 is 0 Å². The summed E-state index contributed by atoms with van der Waals surface area (Å²) in [6.07, 6.45) is 3.39. The van der Waals surface area contributed by atoms with Crippen molar-refractivity contribution in [3.63, 3.8) is 0 Å². The third-order valence-electron chi connectivity index (χ3n) is 4.09. The van der Waals surface area contributed by atoms with Crippen molar-refractivity contribution in [2.45, 2.75) is 13.5 Å². The number of nitrogens with one attached hydrogen (secondary N) is 2. The quantitative estimate of drug-likeness (QED) is 0.505. The summed E-state index contributed by atoms with van der Waals surface area (Å²) in [6.45, 7) is 2.50. The zero-order valence-electron chi connectivity index (χ0n) is 14.8. The van der Waals surface area contributed by atoms with Gasteiger partial charge in [-0.3, -0.25) is 4.98 Å². The molecule has 0 aliphatic rings. The highest BCUT2D eigenvalue weighted by atomic mass is 15.1. The molecule has 4 rings (SSSR count). The van der Waals surface area contributed by atoms with Crippen LogP contribution in [0.2, 0.25) is 0 Å². The molecule has 0 unspecified atom stereocenters. The fourth-order valence-corrected chi connectivity index (χ4v) is 2.74. The third kappa shape index (κ3) is 3.77. The van der Waals surface area contributed by atoms with Crippen LogP contribution in [0.3, 0.4) is 0 Å². The van der Waals surface area contributed by atoms with Crippen molar-refractivity contribution < 1.29 is 0 Å². The van der Waals surface area contributed by atoms with Gasteiger partial charge in [0.05, 0.1) is 23.6 Å². The lowest BCUT2D eigenvalue weighted by Gasteiger charge is -2.02. The van der Waals surface area contributed by atoms with Crippen LogP contribution in [-0.4, -0.2) is 24.9 Å². The lowest BCUT2D eigenvalue weighted by Crippen LogP contribution is -2.06. The Bertz CT molecular complexity index is 1040. The van der Waals surface area contributed by atoms with Crippen molar-refractivity contribution in [3.8, 4) is 22.6 Å². The second kappa shape index (κ2) is 7.25. The van der Waals surface area contributed by atoms with Crippen molar-refractivity contribution >= 4 is 11.8 Å². The molecule has 4 aromatic rings. The van der Waals surface area contributed by atoms with E-state index >= 15 is 0 Å². The molecule has 7 nitrogen and oxygen atoms in total. The molecule has 27 heavy (non-hydrogen) atoms. The summed E-state index contributed by atoms with van der Waals surface area (Å²) in [5.74, 6) is 1.64. The minimum absolute atomic E-state index is 0.418. The molecule has 0 atom stereocenters. The molecule has 0 bridgehead atoms. The summed E-state index contributed by atoms with van der Waals surface area (Å²) < 4.78 is 0. The van der Waals surface area contributed by atoms with E-state index in [0.29, 0.717) is 18.3 Å². The molecule has 0 aliphatic heterocycles. The number of nitrogens with zero attached hydrogens (tertiary/aromatic N) is 4. The lowest BCUT2D eigenvalue weighted by molar-refractivity contribution is 0.970. The number of hydrogen-bond acceptors (Lipinski definition) is 6. The van der Waals surface area contributed by atoms with E-state index in [2.05, 4.69) is 56.4 Å². The minimum atomic E-state index is 0.418. The number of aromatic amines is 1. The normalized spacial score (nSPS) is 10.7. The van der Waals surface area contributed by atoms with E-state index in [1.807, 2.05) is 18.2 Å². The van der Waals surface area contributed by atoms with Gasteiger partial charge in [0.1, 0.15) is 11.6 Å². The lowest BCUT2D eigenvalue weighted by atomic mass is 10.1. The van der Waals surface area contributed by atoms with Crippen LogP contribution in [0.1, 0.15) is 11.4 Å². The molecule has 0 saturated heterocycles. The van der Waals surface area contributed by atoms with E-state index in [0.717, 1.165) is 28.5 Å². The van der Waals surface area contributed by atoms with Gasteiger partial charge in [0, 0.05) is 18.0 Å². The SMILES string of the molecule is Cc1ccc(-c2nc(CNc3nccc(N)n3)[nH]c2-c2ccccn2)cc1. The molecule has 0 spiro atoms. The molecule has 0 radical (unpaired) electrons. The Hall–Kier alpha value is -3.74. The first kappa shape index (κ1) is 16.7. The number of anilines is 2. The van der Waals surface area contributed by atoms with E-state index in [9.17, 15) is 0 Å². The first-order chi connectivity index (χ1) is 13.2. The van der Waals surface area contributed by atoms with Crippen LogP contribution in [0.4, 0.5) is 11.8 Å². The van der Waals surface area contributed by atoms with E-state index in [-0.39, 0.29) is 0 Å². The summed E-state index contributed by atoms with van der Waals surface area (Å²) >= 11 is 0. The molecule has 0 fully saturated rings. The zero-order valence-corrected chi connectivity index (χ0v) is 14.8. The van der Waals surface area contributed by atoms with Gasteiger partial charge in [-0.05, 0) is 25.1 Å². The van der Waals surface area contributed by atoms with Crippen LogP contribution in [0.25, 0.3) is 22.6 Å². The van der Waals surface area contributed by atoms with Crippen molar-refractivity contribution in [1.82, 2.24) is 24.9 Å². The van der Waals surface area contributed by atoms with Gasteiger partial charge in [-0.2, -0.15) is 4.98 Å². The number of pyridine rings is 1. The maximum atomic E-state index is 5.70. The summed E-state index contributed by atoms with van der Waals surface area (Å²) in [7, 11) is 0. The highest BCUT2D eigenvalue weighted by Gasteiger charge is 2.15. The van der Waals surface area contributed by atoms with Crippen molar-refractivity contribution in [2.75, 3.05) is 11.1 Å². The molecule has 0 saturated carbocycles. The van der Waals surface area contributed by atoms with Crippen LogP contribution in [0.5, 0.6) is 0 Å². The van der Waals surface area contributed by atoms with Crippen molar-refractivity contribution in [1.29, 1.82) is 0 Å². The number of benzene rings is 1. The summed E-state index contributed by atoms with van der Waals surface area (Å²) in [4.78, 5) is 20.9. The average molecular weight is 357 g/mol. The van der Waals surface area contributed by atoms with Crippen LogP contribution in [0.15, 0.2) is 60.9 Å². The van der Waals surface area contributed by atoms with E-state index in [4.69, 9.17) is 10.7 Å². The van der Waals surface area contributed by atoms with Crippen molar-refractivity contribution in [2.24, 2.45) is 0 Å². The number of imidazole rings is 1. The monoisotopic (exact) mass is 357 g/mol. The zero-order chi connectivity index (χ0) is 18.6. The highest BCUT2D eigenvalue weighted by Crippen LogP contribution is 2.29. The number of rotatable bonds is 5. The number of nitrogen functional groups attached to an aromatic ring is 1. The fraction of sp³-hybridized carbons (Fsp3) is 0.100. The number of aromatic nitrogens is 5. The van der Waals surface area contributed by atoms with E-state index in [1.165, 1.54) is 5.56 Å². The molecule has 3 heterocycles. The predicted molar refractivity (Wildman–Crippen MR) is 106 cm³/mol. The Balaban J connectivity index is 1.68. The molecular weight excluding hydrogens is 338 g/mol. The Morgan fingerprint density at radius 2 is 1.81 bits per heavy atom. The van der Waals surface area contributed by atoms with Gasteiger partial charge in [-0.15, -0.1) is 0 Å². The first-order valence-electron chi connectivity index (χ1n) is 8.59. The second-order valence-corrected chi connectivity index (χ2v) is 6.15. The predicted octanol–water partition coefficient (Wildman–Crippen LogP) is 3.43. The molecule has 0 amide bonds. The molecule has 4 N–H and O–H groups in total. The van der Waals surface area contributed by atoms with Crippen LogP contribution < -0.4 is 11.1 Å². The Morgan fingerprint density at radius 1 is 0.963 bits per heavy atom. The summed E-state index contributed by atoms with van der Waals surface area (Å²) in [5.41, 5.74) is 10.5. The molecule has 7 heteroatoms. The van der Waals surface area contributed by atoms with Gasteiger partial charge in [-0.1, -0.05) is 35.9 Å². The van der Waals surface area contributed by atoms with Gasteiger partial charge in [0.25, 0.3) is 0 Å². The Morgan fingerprint density at radius 3 is 2.56 bits per heavy atom. The number of hydrogen-bond donors (Lipinski definition) is 3. The topological polar surface area (TPSA) is 105 Å². The standard InChI is InChI=1S/C20H19N7/c1-13-5-7-14(8-6-13)18-19(15-4-2-3-10-22-15)27-17(26-18)12-24-20-23-11-9-16(21)25-20/h2-11H,12H2,1H3,(H,26,27)(H3,21,23,24,25). The highest BCUT2D eigenvalue weighted by molar-refractivity contribution is 5.76. The number of nitrogens with two attached hydrogens (primary N) is 1. The Kier molecular flexibility index (Phi) is 4.49. The smallest absolute Gasteiger partial charge is 0.224 e. The maximum absolute atomic E-state index is 5.70. The summed E-state index contributed by atoms with van der Waals surface area (Å²) in [5, 5.41) is 3.14. The minimum Gasteiger partial charge on any atom is -0.384 e. The molecule has 3 aromatic heterocycles. The van der Waals surface area contributed by atoms with E-state index in [1.54, 1.807) is 18.5 Å². The largest absolute Gasteiger partial charge is 0.384 e. The van der Waals surface area contributed by atoms with Crippen LogP contribution in [0, 0.1) is 6.92 Å². The fourth-order valence-electron chi connectivity index (χ4n) is 2.74. The Labute approximate surface area is 156 Å². The first-order valence-corrected chi connectivity index (χ1v) is 8.59. The molecular formula is C20H19N7. The molecule has 1 aromatic carbocycles. The van der Waals surface area contributed by atoms with Gasteiger partial charge < -0.3 is 16.0 Å². The maximum Gasteiger partial charge on any atom is 0.224 e. The van der Waals surface area contributed by atoms with E-state index < -0.39 is 0 Å². The third-order valence-corrected chi connectivity index (χ3v) is 4.09. The van der Waals surface area contributed by atoms with Gasteiger partial charge >= 0.3 is 0 Å². The number of H-pyrrole nitrogens is 1. The van der Waals surface area contributed by atoms with Gasteiger partial charge in [-0.25, -0.2) is 9.97 Å². The van der Waals surface area contributed by atoms with Crippen molar-refractivity contribution in [3.05, 3.63) is 72.3 Å².